The van der Waals surface area contributed by atoms with Crippen molar-refractivity contribution in [3.8, 4) is 0 Å². The van der Waals surface area contributed by atoms with E-state index in [1.54, 1.807) is 19.1 Å². The molecule has 1 atom stereocenters. The summed E-state index contributed by atoms with van der Waals surface area (Å²) >= 11 is 0. The van der Waals surface area contributed by atoms with Crippen molar-refractivity contribution in [1.29, 1.82) is 0 Å². The van der Waals surface area contributed by atoms with Crippen LogP contribution in [-0.2, 0) is 4.79 Å². The SMILES string of the molecule is Cc1ccc(NC(=O)C(CN)CC(C)C)c(F)c1. The summed E-state index contributed by atoms with van der Waals surface area (Å²) in [7, 11) is 0. The van der Waals surface area contributed by atoms with Gasteiger partial charge < -0.3 is 11.1 Å². The van der Waals surface area contributed by atoms with Gasteiger partial charge in [0.05, 0.1) is 11.6 Å². The maximum absolute atomic E-state index is 13.6. The lowest BCUT2D eigenvalue weighted by Gasteiger charge is -2.17. The van der Waals surface area contributed by atoms with Crippen molar-refractivity contribution in [1.82, 2.24) is 0 Å². The van der Waals surface area contributed by atoms with Gasteiger partial charge in [0.25, 0.3) is 0 Å². The van der Waals surface area contributed by atoms with Gasteiger partial charge >= 0.3 is 0 Å². The number of aryl methyl sites for hydroxylation is 1. The van der Waals surface area contributed by atoms with E-state index in [0.717, 1.165) is 5.56 Å². The predicted octanol–water partition coefficient (Wildman–Crippen LogP) is 2.69. The molecule has 1 aromatic carbocycles. The number of carbonyl (C=O) groups excluding carboxylic acids is 1. The Kier molecular flexibility index (Phi) is 5.28. The lowest BCUT2D eigenvalue weighted by molar-refractivity contribution is -0.120. The molecule has 0 saturated carbocycles. The second-order valence-corrected chi connectivity index (χ2v) is 5.03. The van der Waals surface area contributed by atoms with Crippen molar-refractivity contribution in [2.75, 3.05) is 11.9 Å². The lowest BCUT2D eigenvalue weighted by atomic mass is 9.96. The van der Waals surface area contributed by atoms with Crippen LogP contribution in [-0.4, -0.2) is 12.5 Å². The zero-order valence-corrected chi connectivity index (χ0v) is 11.2. The van der Waals surface area contributed by atoms with Crippen LogP contribution in [0.3, 0.4) is 0 Å². The quantitative estimate of drug-likeness (QED) is 0.846. The number of nitrogens with one attached hydrogen (secondary N) is 1. The normalized spacial score (nSPS) is 12.6. The summed E-state index contributed by atoms with van der Waals surface area (Å²) in [5.74, 6) is -0.518. The van der Waals surface area contributed by atoms with Crippen LogP contribution in [0.4, 0.5) is 10.1 Å². The standard InChI is InChI=1S/C14H21FN2O/c1-9(2)6-11(8-16)14(18)17-13-5-4-10(3)7-12(13)15/h4-5,7,9,11H,6,8,16H2,1-3H3,(H,17,18). The summed E-state index contributed by atoms with van der Waals surface area (Å²) in [4.78, 5) is 12.0. The Morgan fingerprint density at radius 3 is 2.61 bits per heavy atom. The Balaban J connectivity index is 2.73. The largest absolute Gasteiger partial charge is 0.330 e. The first-order valence-corrected chi connectivity index (χ1v) is 6.21. The Morgan fingerprint density at radius 2 is 2.11 bits per heavy atom. The minimum atomic E-state index is -0.413. The van der Waals surface area contributed by atoms with E-state index in [4.69, 9.17) is 5.73 Å². The average molecular weight is 252 g/mol. The fourth-order valence-corrected chi connectivity index (χ4v) is 1.84. The van der Waals surface area contributed by atoms with Crippen molar-refractivity contribution in [2.24, 2.45) is 17.6 Å². The van der Waals surface area contributed by atoms with E-state index in [1.807, 2.05) is 13.8 Å². The molecule has 0 aromatic heterocycles. The van der Waals surface area contributed by atoms with E-state index >= 15 is 0 Å². The zero-order valence-electron chi connectivity index (χ0n) is 11.2. The molecule has 0 saturated heterocycles. The monoisotopic (exact) mass is 252 g/mol. The van der Waals surface area contributed by atoms with Crippen molar-refractivity contribution in [3.63, 3.8) is 0 Å². The van der Waals surface area contributed by atoms with Crippen LogP contribution in [0.5, 0.6) is 0 Å². The Labute approximate surface area is 108 Å². The summed E-state index contributed by atoms with van der Waals surface area (Å²) in [5, 5.41) is 2.60. The minimum absolute atomic E-state index is 0.214. The molecule has 0 aliphatic rings. The molecule has 0 fully saturated rings. The number of nitrogens with two attached hydrogens (primary N) is 1. The number of hydrogen-bond acceptors (Lipinski definition) is 2. The van der Waals surface area contributed by atoms with E-state index in [1.165, 1.54) is 6.07 Å². The van der Waals surface area contributed by atoms with Gasteiger partial charge in [-0.15, -0.1) is 0 Å². The molecular weight excluding hydrogens is 231 g/mol. The second-order valence-electron chi connectivity index (χ2n) is 5.03. The third kappa shape index (κ3) is 4.11. The van der Waals surface area contributed by atoms with Crippen molar-refractivity contribution < 1.29 is 9.18 Å². The molecule has 1 rings (SSSR count). The molecule has 0 bridgehead atoms. The Hall–Kier alpha value is -1.42. The first kappa shape index (κ1) is 14.6. The zero-order chi connectivity index (χ0) is 13.7. The van der Waals surface area contributed by atoms with E-state index in [2.05, 4.69) is 5.32 Å². The summed E-state index contributed by atoms with van der Waals surface area (Å²) < 4.78 is 13.6. The number of benzene rings is 1. The van der Waals surface area contributed by atoms with Crippen LogP contribution in [0.25, 0.3) is 0 Å². The van der Waals surface area contributed by atoms with Gasteiger partial charge in [-0.2, -0.15) is 0 Å². The van der Waals surface area contributed by atoms with Crippen molar-refractivity contribution in [2.45, 2.75) is 27.2 Å². The van der Waals surface area contributed by atoms with E-state index in [0.29, 0.717) is 12.3 Å². The molecule has 100 valence electrons. The second kappa shape index (κ2) is 6.50. The smallest absolute Gasteiger partial charge is 0.228 e. The number of carbonyl (C=O) groups is 1. The van der Waals surface area contributed by atoms with Crippen LogP contribution in [0.1, 0.15) is 25.8 Å². The highest BCUT2D eigenvalue weighted by Crippen LogP contribution is 2.18. The van der Waals surface area contributed by atoms with Gasteiger partial charge in [0.15, 0.2) is 0 Å². The van der Waals surface area contributed by atoms with Gasteiger partial charge in [-0.25, -0.2) is 4.39 Å². The Bertz CT molecular complexity index is 418. The molecule has 1 unspecified atom stereocenters. The first-order valence-electron chi connectivity index (χ1n) is 6.21. The maximum Gasteiger partial charge on any atom is 0.228 e. The fraction of sp³-hybridized carbons (Fsp3) is 0.500. The number of anilines is 1. The molecule has 3 N–H and O–H groups in total. The molecule has 0 aliphatic carbocycles. The van der Waals surface area contributed by atoms with E-state index < -0.39 is 5.82 Å². The third-order valence-corrected chi connectivity index (χ3v) is 2.79. The topological polar surface area (TPSA) is 55.1 Å². The third-order valence-electron chi connectivity index (χ3n) is 2.79. The van der Waals surface area contributed by atoms with Crippen molar-refractivity contribution >= 4 is 11.6 Å². The van der Waals surface area contributed by atoms with Gasteiger partial charge in [-0.3, -0.25) is 4.79 Å². The van der Waals surface area contributed by atoms with Gasteiger partial charge in [0, 0.05) is 6.54 Å². The molecular formula is C14H21FN2O. The molecule has 18 heavy (non-hydrogen) atoms. The molecule has 1 aromatic rings. The van der Waals surface area contributed by atoms with Gasteiger partial charge in [0.2, 0.25) is 5.91 Å². The molecule has 0 aliphatic heterocycles. The summed E-state index contributed by atoms with van der Waals surface area (Å²) in [6.07, 6.45) is 0.704. The first-order chi connectivity index (χ1) is 8.43. The molecule has 0 heterocycles. The fourth-order valence-electron chi connectivity index (χ4n) is 1.84. The predicted molar refractivity (Wildman–Crippen MR) is 71.8 cm³/mol. The van der Waals surface area contributed by atoms with Gasteiger partial charge in [0.1, 0.15) is 5.82 Å². The van der Waals surface area contributed by atoms with E-state index in [-0.39, 0.29) is 24.1 Å². The minimum Gasteiger partial charge on any atom is -0.330 e. The van der Waals surface area contributed by atoms with Crippen molar-refractivity contribution in [3.05, 3.63) is 29.6 Å². The number of hydrogen-bond donors (Lipinski definition) is 2. The summed E-state index contributed by atoms with van der Waals surface area (Å²) in [6, 6.07) is 4.74. The molecule has 3 nitrogen and oxygen atoms in total. The van der Waals surface area contributed by atoms with E-state index in [9.17, 15) is 9.18 Å². The highest BCUT2D eigenvalue weighted by molar-refractivity contribution is 5.92. The van der Waals surface area contributed by atoms with Crippen LogP contribution in [0.15, 0.2) is 18.2 Å². The number of halogens is 1. The Morgan fingerprint density at radius 1 is 1.44 bits per heavy atom. The average Bonchev–Trinajstić information content (AvgIpc) is 2.29. The molecule has 0 radical (unpaired) electrons. The maximum atomic E-state index is 13.6. The number of amides is 1. The van der Waals surface area contributed by atoms with Gasteiger partial charge in [-0.1, -0.05) is 19.9 Å². The van der Waals surface area contributed by atoms with Crippen LogP contribution in [0.2, 0.25) is 0 Å². The molecule has 4 heteroatoms. The van der Waals surface area contributed by atoms with Crippen LogP contribution in [0, 0.1) is 24.6 Å². The highest BCUT2D eigenvalue weighted by Gasteiger charge is 2.19. The molecule has 0 spiro atoms. The summed E-state index contributed by atoms with van der Waals surface area (Å²) in [5.41, 5.74) is 6.62. The van der Waals surface area contributed by atoms with Crippen LogP contribution >= 0.6 is 0 Å². The van der Waals surface area contributed by atoms with Gasteiger partial charge in [-0.05, 0) is 37.0 Å². The van der Waals surface area contributed by atoms with Crippen LogP contribution < -0.4 is 11.1 Å². The lowest BCUT2D eigenvalue weighted by Crippen LogP contribution is -2.30. The number of rotatable bonds is 5. The highest BCUT2D eigenvalue weighted by atomic mass is 19.1. The summed E-state index contributed by atoms with van der Waals surface area (Å²) in [6.45, 7) is 6.14. The molecule has 1 amide bonds.